The van der Waals surface area contributed by atoms with E-state index in [9.17, 15) is 4.79 Å². The molecule has 0 saturated carbocycles. The largest absolute Gasteiger partial charge is 0.271 e. The van der Waals surface area contributed by atoms with Crippen LogP contribution >= 0.6 is 22.6 Å². The molecule has 0 aromatic heterocycles. The van der Waals surface area contributed by atoms with Gasteiger partial charge in [-0.25, -0.2) is 5.43 Å². The Morgan fingerprint density at radius 2 is 1.46 bits per heavy atom. The number of benzene rings is 3. The molecule has 1 amide bonds. The van der Waals surface area contributed by atoms with E-state index >= 15 is 0 Å². The van der Waals surface area contributed by atoms with Crippen LogP contribution in [0, 0.1) is 3.57 Å². The molecule has 3 aromatic rings. The van der Waals surface area contributed by atoms with Crippen LogP contribution in [0.5, 0.6) is 0 Å². The summed E-state index contributed by atoms with van der Waals surface area (Å²) in [5.41, 5.74) is 6.31. The second-order valence-corrected chi connectivity index (χ2v) is 6.33. The monoisotopic (exact) mass is 426 g/mol. The minimum absolute atomic E-state index is 0.225. The zero-order valence-corrected chi connectivity index (χ0v) is 15.0. The van der Waals surface area contributed by atoms with Crippen LogP contribution < -0.4 is 5.43 Å². The molecule has 0 aliphatic carbocycles. The van der Waals surface area contributed by atoms with Crippen molar-refractivity contribution in [1.29, 1.82) is 0 Å². The summed E-state index contributed by atoms with van der Waals surface area (Å²) < 4.78 is 1.08. The summed E-state index contributed by atoms with van der Waals surface area (Å²) in [4.78, 5) is 12.1. The van der Waals surface area contributed by atoms with Gasteiger partial charge in [0.05, 0.1) is 6.21 Å². The standard InChI is InChI=1S/C20H15IN2O/c21-19-9-5-4-8-18(19)14-22-23-20(24)17-12-10-16(11-13-17)15-6-2-1-3-7-15/h1-14H,(H,23,24). The van der Waals surface area contributed by atoms with Gasteiger partial charge >= 0.3 is 0 Å². The van der Waals surface area contributed by atoms with E-state index in [1.165, 1.54) is 0 Å². The molecule has 4 heteroatoms. The summed E-state index contributed by atoms with van der Waals surface area (Å²) >= 11 is 2.23. The zero-order valence-electron chi connectivity index (χ0n) is 12.8. The lowest BCUT2D eigenvalue weighted by Gasteiger charge is -2.04. The fraction of sp³-hybridized carbons (Fsp3) is 0. The van der Waals surface area contributed by atoms with Crippen LogP contribution in [0.3, 0.4) is 0 Å². The Balaban J connectivity index is 1.66. The van der Waals surface area contributed by atoms with Crippen molar-refractivity contribution in [1.82, 2.24) is 5.43 Å². The van der Waals surface area contributed by atoms with E-state index in [-0.39, 0.29) is 5.91 Å². The fourth-order valence-electron chi connectivity index (χ4n) is 2.25. The molecule has 0 aliphatic rings. The van der Waals surface area contributed by atoms with Crippen molar-refractivity contribution in [3.63, 3.8) is 0 Å². The Bertz CT molecular complexity index is 858. The molecule has 3 rings (SSSR count). The summed E-state index contributed by atoms with van der Waals surface area (Å²) in [7, 11) is 0. The number of carbonyl (C=O) groups excluding carboxylic acids is 1. The lowest BCUT2D eigenvalue weighted by molar-refractivity contribution is 0.0955. The fourth-order valence-corrected chi connectivity index (χ4v) is 2.78. The van der Waals surface area contributed by atoms with Crippen molar-refractivity contribution in [3.05, 3.63) is 93.6 Å². The molecule has 0 bridgehead atoms. The quantitative estimate of drug-likeness (QED) is 0.366. The summed E-state index contributed by atoms with van der Waals surface area (Å²) in [5.74, 6) is -0.225. The molecule has 0 heterocycles. The first-order valence-electron chi connectivity index (χ1n) is 7.47. The van der Waals surface area contributed by atoms with Crippen LogP contribution in [0.2, 0.25) is 0 Å². The molecule has 0 unspecified atom stereocenters. The zero-order chi connectivity index (χ0) is 16.8. The Hall–Kier alpha value is -2.47. The minimum Gasteiger partial charge on any atom is -0.267 e. The first-order chi connectivity index (χ1) is 11.7. The highest BCUT2D eigenvalue weighted by Crippen LogP contribution is 2.19. The van der Waals surface area contributed by atoms with E-state index in [4.69, 9.17) is 0 Å². The predicted octanol–water partition coefficient (Wildman–Crippen LogP) is 4.72. The molecule has 1 N–H and O–H groups in total. The Morgan fingerprint density at radius 3 is 2.17 bits per heavy atom. The van der Waals surface area contributed by atoms with Gasteiger partial charge in [-0.1, -0.05) is 60.7 Å². The van der Waals surface area contributed by atoms with Crippen LogP contribution in [0.1, 0.15) is 15.9 Å². The Labute approximate surface area is 154 Å². The van der Waals surface area contributed by atoms with Gasteiger partial charge in [0, 0.05) is 14.7 Å². The van der Waals surface area contributed by atoms with Crippen molar-refractivity contribution >= 4 is 34.7 Å². The van der Waals surface area contributed by atoms with Gasteiger partial charge in [-0.15, -0.1) is 0 Å². The van der Waals surface area contributed by atoms with Gasteiger partial charge in [-0.2, -0.15) is 5.10 Å². The van der Waals surface area contributed by atoms with Crippen LogP contribution in [0.15, 0.2) is 84.0 Å². The van der Waals surface area contributed by atoms with Crippen LogP contribution in [-0.4, -0.2) is 12.1 Å². The van der Waals surface area contributed by atoms with Crippen molar-refractivity contribution in [2.45, 2.75) is 0 Å². The molecule has 0 fully saturated rings. The highest BCUT2D eigenvalue weighted by atomic mass is 127. The second-order valence-electron chi connectivity index (χ2n) is 5.16. The van der Waals surface area contributed by atoms with E-state index in [2.05, 4.69) is 33.1 Å². The molecule has 118 valence electrons. The van der Waals surface area contributed by atoms with Gasteiger partial charge in [0.1, 0.15) is 0 Å². The Kier molecular flexibility index (Phi) is 5.38. The predicted molar refractivity (Wildman–Crippen MR) is 106 cm³/mol. The molecule has 0 atom stereocenters. The molecular formula is C20H15IN2O. The van der Waals surface area contributed by atoms with Gasteiger partial charge in [0.25, 0.3) is 5.91 Å². The topological polar surface area (TPSA) is 41.5 Å². The summed E-state index contributed by atoms with van der Waals surface area (Å²) in [6.45, 7) is 0. The van der Waals surface area contributed by atoms with E-state index < -0.39 is 0 Å². The third-order valence-corrected chi connectivity index (χ3v) is 4.51. The minimum atomic E-state index is -0.225. The maximum atomic E-state index is 12.1. The van der Waals surface area contributed by atoms with Crippen LogP contribution in [0.25, 0.3) is 11.1 Å². The second kappa shape index (κ2) is 7.88. The third kappa shape index (κ3) is 4.08. The number of nitrogens with one attached hydrogen (secondary N) is 1. The number of amides is 1. The number of nitrogens with zero attached hydrogens (tertiary/aromatic N) is 1. The first-order valence-corrected chi connectivity index (χ1v) is 8.55. The molecule has 3 aromatic carbocycles. The lowest BCUT2D eigenvalue weighted by atomic mass is 10.0. The molecular weight excluding hydrogens is 411 g/mol. The van der Waals surface area contributed by atoms with Gasteiger partial charge in [0.15, 0.2) is 0 Å². The van der Waals surface area contributed by atoms with E-state index in [1.807, 2.05) is 66.7 Å². The molecule has 0 radical (unpaired) electrons. The number of hydrogen-bond acceptors (Lipinski definition) is 2. The van der Waals surface area contributed by atoms with Gasteiger partial charge in [-0.3, -0.25) is 4.79 Å². The van der Waals surface area contributed by atoms with Crippen LogP contribution in [0.4, 0.5) is 0 Å². The molecule has 0 aliphatic heterocycles. The SMILES string of the molecule is O=C(NN=Cc1ccccc1I)c1ccc(-c2ccccc2)cc1. The average molecular weight is 426 g/mol. The maximum absolute atomic E-state index is 12.1. The number of rotatable bonds is 4. The van der Waals surface area contributed by atoms with E-state index in [0.29, 0.717) is 5.56 Å². The van der Waals surface area contributed by atoms with Crippen molar-refractivity contribution in [3.8, 4) is 11.1 Å². The van der Waals surface area contributed by atoms with E-state index in [0.717, 1.165) is 20.3 Å². The summed E-state index contributed by atoms with van der Waals surface area (Å²) in [6.07, 6.45) is 1.65. The smallest absolute Gasteiger partial charge is 0.267 e. The van der Waals surface area contributed by atoms with Gasteiger partial charge in [0.2, 0.25) is 0 Å². The summed E-state index contributed by atoms with van der Waals surface area (Å²) in [6, 6.07) is 25.4. The maximum Gasteiger partial charge on any atom is 0.271 e. The van der Waals surface area contributed by atoms with E-state index in [1.54, 1.807) is 18.3 Å². The lowest BCUT2D eigenvalue weighted by Crippen LogP contribution is -2.17. The number of halogens is 1. The molecule has 24 heavy (non-hydrogen) atoms. The normalized spacial score (nSPS) is 10.7. The Morgan fingerprint density at radius 1 is 0.833 bits per heavy atom. The van der Waals surface area contributed by atoms with Crippen molar-refractivity contribution in [2.75, 3.05) is 0 Å². The highest BCUT2D eigenvalue weighted by molar-refractivity contribution is 14.1. The average Bonchev–Trinajstić information content (AvgIpc) is 2.64. The molecule has 0 spiro atoms. The first kappa shape index (κ1) is 16.4. The van der Waals surface area contributed by atoms with Gasteiger partial charge in [-0.05, 0) is 51.9 Å². The summed E-state index contributed by atoms with van der Waals surface area (Å²) in [5, 5.41) is 4.03. The molecule has 3 nitrogen and oxygen atoms in total. The van der Waals surface area contributed by atoms with Crippen molar-refractivity contribution < 1.29 is 4.79 Å². The van der Waals surface area contributed by atoms with Crippen molar-refractivity contribution in [2.24, 2.45) is 5.10 Å². The number of hydrogen-bond donors (Lipinski definition) is 1. The number of carbonyl (C=O) groups is 1. The van der Waals surface area contributed by atoms with Crippen LogP contribution in [-0.2, 0) is 0 Å². The number of hydrazone groups is 1. The third-order valence-electron chi connectivity index (χ3n) is 3.53. The molecule has 0 saturated heterocycles. The van der Waals surface area contributed by atoms with Gasteiger partial charge < -0.3 is 0 Å². The highest BCUT2D eigenvalue weighted by Gasteiger charge is 2.04.